The van der Waals surface area contributed by atoms with E-state index in [0.29, 0.717) is 0 Å². The lowest BCUT2D eigenvalue weighted by molar-refractivity contribution is -0.144. The lowest BCUT2D eigenvalue weighted by atomic mass is 10.1. The molecule has 156 valence electrons. The van der Waals surface area contributed by atoms with E-state index in [-0.39, 0.29) is 18.7 Å². The molecule has 2 N–H and O–H groups in total. The van der Waals surface area contributed by atoms with Crippen molar-refractivity contribution in [2.75, 3.05) is 13.2 Å². The topological polar surface area (TPSA) is 111 Å². The number of esters is 1. The highest BCUT2D eigenvalue weighted by atomic mass is 32.2. The van der Waals surface area contributed by atoms with Crippen LogP contribution in [0.1, 0.15) is 48.5 Å². The summed E-state index contributed by atoms with van der Waals surface area (Å²) >= 11 is 0. The normalized spacial score (nSPS) is 14.3. The zero-order chi connectivity index (χ0) is 21.5. The smallest absolute Gasteiger partial charge is 0.407 e. The molecule has 0 saturated carbocycles. The number of alkyl carbamates (subject to hydrolysis) is 1. The summed E-state index contributed by atoms with van der Waals surface area (Å²) in [6, 6.07) is -1.30. The molecule has 0 radical (unpaired) electrons. The number of allylic oxidation sites excluding steroid dienone is 2. The number of hydrogen-bond donors (Lipinski definition) is 2. The van der Waals surface area contributed by atoms with Crippen LogP contribution in [-0.4, -0.2) is 50.0 Å². The van der Waals surface area contributed by atoms with Crippen molar-refractivity contribution >= 4 is 22.1 Å². The highest BCUT2D eigenvalue weighted by molar-refractivity contribution is 7.90. The van der Waals surface area contributed by atoms with Crippen molar-refractivity contribution in [1.29, 1.82) is 0 Å². The lowest BCUT2D eigenvalue weighted by Crippen LogP contribution is -2.50. The Bertz CT molecular complexity index is 669. The second-order valence-electron chi connectivity index (χ2n) is 7.75. The first-order valence-corrected chi connectivity index (χ1v) is 10.1. The zero-order valence-electron chi connectivity index (χ0n) is 17.2. The first kappa shape index (κ1) is 25.1. The van der Waals surface area contributed by atoms with Crippen LogP contribution in [0.5, 0.6) is 0 Å². The van der Waals surface area contributed by atoms with Gasteiger partial charge in [0.1, 0.15) is 11.6 Å². The molecule has 0 aliphatic carbocycles. The van der Waals surface area contributed by atoms with Crippen molar-refractivity contribution in [3.05, 3.63) is 24.3 Å². The summed E-state index contributed by atoms with van der Waals surface area (Å²) in [5.41, 5.74) is -0.428. The number of carbonyl (C=O) groups is 2. The van der Waals surface area contributed by atoms with Gasteiger partial charge in [0.25, 0.3) is 0 Å². The van der Waals surface area contributed by atoms with Gasteiger partial charge in [0.15, 0.2) is 0 Å². The summed E-state index contributed by atoms with van der Waals surface area (Å²) in [6.07, 6.45) is 2.15. The van der Waals surface area contributed by atoms with E-state index >= 15 is 0 Å². The first-order chi connectivity index (χ1) is 12.1. The second kappa shape index (κ2) is 9.89. The fourth-order valence-corrected chi connectivity index (χ4v) is 2.64. The molecule has 0 spiro atoms. The molecule has 8 nitrogen and oxygen atoms in total. The minimum atomic E-state index is -3.86. The predicted octanol–water partition coefficient (Wildman–Crippen LogP) is 2.27. The highest BCUT2D eigenvalue weighted by Gasteiger charge is 2.36. The third-order valence-electron chi connectivity index (χ3n) is 3.14. The van der Waals surface area contributed by atoms with E-state index in [4.69, 9.17) is 9.47 Å². The van der Waals surface area contributed by atoms with Gasteiger partial charge in [-0.3, -0.25) is 0 Å². The van der Waals surface area contributed by atoms with Crippen LogP contribution in [0.2, 0.25) is 0 Å². The van der Waals surface area contributed by atoms with Crippen molar-refractivity contribution in [2.45, 2.75) is 64.9 Å². The van der Waals surface area contributed by atoms with Gasteiger partial charge in [-0.1, -0.05) is 18.7 Å². The van der Waals surface area contributed by atoms with Crippen molar-refractivity contribution in [3.8, 4) is 0 Å². The Hall–Kier alpha value is -1.87. The maximum atomic E-state index is 12.5. The van der Waals surface area contributed by atoms with Crippen LogP contribution in [0.4, 0.5) is 4.79 Å². The molecule has 0 heterocycles. The van der Waals surface area contributed by atoms with Gasteiger partial charge in [0.2, 0.25) is 10.0 Å². The van der Waals surface area contributed by atoms with Crippen molar-refractivity contribution in [2.24, 2.45) is 0 Å². The number of hydrogen-bond acceptors (Lipinski definition) is 6. The van der Waals surface area contributed by atoms with Crippen LogP contribution >= 0.6 is 0 Å². The summed E-state index contributed by atoms with van der Waals surface area (Å²) in [6.45, 7) is 14.8. The van der Waals surface area contributed by atoms with Gasteiger partial charge in [-0.05, 0) is 54.0 Å². The highest BCUT2D eigenvalue weighted by Crippen LogP contribution is 2.17. The number of nitrogens with one attached hydrogen (secondary N) is 2. The molecular formula is C18H32N2O6S. The van der Waals surface area contributed by atoms with Crippen LogP contribution < -0.4 is 10.0 Å². The first-order valence-electron chi connectivity index (χ1n) is 8.61. The summed E-state index contributed by atoms with van der Waals surface area (Å²) in [5.74, 6) is -0.774. The summed E-state index contributed by atoms with van der Waals surface area (Å²) < 4.78 is 36.4. The molecule has 0 rings (SSSR count). The Morgan fingerprint density at radius 3 is 2.11 bits per heavy atom. The van der Waals surface area contributed by atoms with Gasteiger partial charge < -0.3 is 14.8 Å². The molecule has 0 unspecified atom stereocenters. The molecule has 27 heavy (non-hydrogen) atoms. The quantitative estimate of drug-likeness (QED) is 0.474. The molecular weight excluding hydrogens is 372 g/mol. The van der Waals surface area contributed by atoms with Crippen LogP contribution in [-0.2, 0) is 24.3 Å². The molecule has 1 atom stereocenters. The summed E-state index contributed by atoms with van der Waals surface area (Å²) in [7, 11) is -3.86. The standard InChI is InChI=1S/C18H32N2O6S/c1-9-11-13(12-19-16(22)26-17(3,4)5)14(15(21)25-10-2)20-27(23,24)18(6,7)8/h9,11,14,20H,1,10,12H2,2-8H3,(H,19,22)/b13-11-/t14-/m0/s1. The molecule has 0 aromatic carbocycles. The molecule has 0 aromatic rings. The van der Waals surface area contributed by atoms with Crippen molar-refractivity contribution < 1.29 is 27.5 Å². The van der Waals surface area contributed by atoms with E-state index in [0.717, 1.165) is 0 Å². The fourth-order valence-electron chi connectivity index (χ4n) is 1.73. The maximum absolute atomic E-state index is 12.5. The van der Waals surface area contributed by atoms with Gasteiger partial charge >= 0.3 is 12.1 Å². The van der Waals surface area contributed by atoms with Gasteiger partial charge in [-0.15, -0.1) is 0 Å². The van der Waals surface area contributed by atoms with Crippen LogP contribution in [0.3, 0.4) is 0 Å². The Morgan fingerprint density at radius 1 is 1.15 bits per heavy atom. The minimum Gasteiger partial charge on any atom is -0.465 e. The van der Waals surface area contributed by atoms with E-state index in [1.165, 1.54) is 32.9 Å². The Morgan fingerprint density at radius 2 is 1.70 bits per heavy atom. The number of carbonyl (C=O) groups excluding carboxylic acids is 2. The summed E-state index contributed by atoms with van der Waals surface area (Å²) in [4.78, 5) is 24.3. The maximum Gasteiger partial charge on any atom is 0.407 e. The second-order valence-corrected chi connectivity index (χ2v) is 10.2. The Balaban J connectivity index is 5.61. The molecule has 0 saturated heterocycles. The predicted molar refractivity (Wildman–Crippen MR) is 105 cm³/mol. The van der Waals surface area contributed by atoms with Gasteiger partial charge in [-0.25, -0.2) is 18.0 Å². The van der Waals surface area contributed by atoms with Crippen molar-refractivity contribution in [1.82, 2.24) is 10.0 Å². The van der Waals surface area contributed by atoms with Crippen LogP contribution in [0, 0.1) is 0 Å². The largest absolute Gasteiger partial charge is 0.465 e. The lowest BCUT2D eigenvalue weighted by Gasteiger charge is -2.26. The number of ether oxygens (including phenoxy) is 2. The average Bonchev–Trinajstić information content (AvgIpc) is 2.46. The fraction of sp³-hybridized carbons (Fsp3) is 0.667. The molecule has 0 aliphatic heterocycles. The Kier molecular flexibility index (Phi) is 9.20. The van der Waals surface area contributed by atoms with Crippen LogP contribution in [0.25, 0.3) is 0 Å². The third kappa shape index (κ3) is 9.05. The monoisotopic (exact) mass is 404 g/mol. The Labute approximate surface area is 162 Å². The van der Waals surface area contributed by atoms with Gasteiger partial charge in [0, 0.05) is 6.54 Å². The molecule has 9 heteroatoms. The third-order valence-corrected chi connectivity index (χ3v) is 5.30. The van der Waals surface area contributed by atoms with E-state index < -0.39 is 38.5 Å². The SMILES string of the molecule is C=C/C=C(/CNC(=O)OC(C)(C)C)[C@H](NS(=O)(=O)C(C)(C)C)C(=O)OCC. The van der Waals surface area contributed by atoms with E-state index in [1.54, 1.807) is 27.7 Å². The van der Waals surface area contributed by atoms with E-state index in [2.05, 4.69) is 16.6 Å². The molecule has 0 aromatic heterocycles. The number of rotatable bonds is 8. The zero-order valence-corrected chi connectivity index (χ0v) is 18.0. The number of sulfonamides is 1. The summed E-state index contributed by atoms with van der Waals surface area (Å²) in [5, 5.41) is 2.51. The minimum absolute atomic E-state index is 0.0768. The van der Waals surface area contributed by atoms with E-state index in [9.17, 15) is 18.0 Å². The molecule has 0 fully saturated rings. The van der Waals surface area contributed by atoms with E-state index in [1.807, 2.05) is 0 Å². The van der Waals surface area contributed by atoms with Gasteiger partial charge in [-0.2, -0.15) is 4.72 Å². The van der Waals surface area contributed by atoms with Crippen LogP contribution in [0.15, 0.2) is 24.3 Å². The molecule has 1 amide bonds. The number of amides is 1. The van der Waals surface area contributed by atoms with Gasteiger partial charge in [0.05, 0.1) is 11.4 Å². The average molecular weight is 405 g/mol. The molecule has 0 bridgehead atoms. The molecule has 0 aliphatic rings. The van der Waals surface area contributed by atoms with Crippen molar-refractivity contribution in [3.63, 3.8) is 0 Å².